The molecule has 2 aromatic rings. The largest absolute Gasteiger partial charge is 0.342 e. The molecular formula is C22H28Cl2N2. The molecule has 140 valence electrons. The SMILES string of the molecule is CCCCCCCN1CN(CCc2ccc3ccccc3c2)C(Cl)=C1Cl. The van der Waals surface area contributed by atoms with Gasteiger partial charge in [-0.15, -0.1) is 0 Å². The summed E-state index contributed by atoms with van der Waals surface area (Å²) in [5.41, 5.74) is 1.34. The molecule has 0 unspecified atom stereocenters. The zero-order chi connectivity index (χ0) is 18.4. The van der Waals surface area contributed by atoms with Crippen molar-refractivity contribution < 1.29 is 0 Å². The fourth-order valence-corrected chi connectivity index (χ4v) is 4.01. The van der Waals surface area contributed by atoms with E-state index in [4.69, 9.17) is 23.2 Å². The predicted molar refractivity (Wildman–Crippen MR) is 113 cm³/mol. The molecule has 0 saturated carbocycles. The molecule has 0 saturated heterocycles. The molecule has 2 nitrogen and oxygen atoms in total. The Kier molecular flexibility index (Phi) is 7.10. The maximum atomic E-state index is 6.48. The second-order valence-electron chi connectivity index (χ2n) is 7.10. The second-order valence-corrected chi connectivity index (χ2v) is 7.81. The number of hydrogen-bond donors (Lipinski definition) is 0. The van der Waals surface area contributed by atoms with E-state index in [0.717, 1.165) is 26.2 Å². The van der Waals surface area contributed by atoms with Crippen LogP contribution in [0.4, 0.5) is 0 Å². The Hall–Kier alpha value is -1.38. The van der Waals surface area contributed by atoms with E-state index in [1.165, 1.54) is 48.4 Å². The van der Waals surface area contributed by atoms with Crippen molar-refractivity contribution in [2.75, 3.05) is 19.8 Å². The molecule has 0 aliphatic carbocycles. The topological polar surface area (TPSA) is 6.48 Å². The first-order chi connectivity index (χ1) is 12.7. The normalized spacial score (nSPS) is 14.7. The van der Waals surface area contributed by atoms with E-state index >= 15 is 0 Å². The molecule has 1 heterocycles. The Labute approximate surface area is 167 Å². The number of fused-ring (bicyclic) bond motifs is 1. The molecule has 0 N–H and O–H groups in total. The summed E-state index contributed by atoms with van der Waals surface area (Å²) in [6, 6.07) is 15.2. The number of nitrogens with zero attached hydrogens (tertiary/aromatic N) is 2. The maximum Gasteiger partial charge on any atom is 0.141 e. The third-order valence-corrected chi connectivity index (χ3v) is 6.02. The molecule has 2 aromatic carbocycles. The first-order valence-corrected chi connectivity index (χ1v) is 10.5. The van der Waals surface area contributed by atoms with Crippen LogP contribution in [0.1, 0.15) is 44.6 Å². The maximum absolute atomic E-state index is 6.48. The molecule has 0 bridgehead atoms. The minimum atomic E-state index is 0.695. The smallest absolute Gasteiger partial charge is 0.141 e. The van der Waals surface area contributed by atoms with E-state index in [-0.39, 0.29) is 0 Å². The van der Waals surface area contributed by atoms with Crippen molar-refractivity contribution in [2.45, 2.75) is 45.4 Å². The molecule has 4 heteroatoms. The van der Waals surface area contributed by atoms with Crippen LogP contribution in [0.3, 0.4) is 0 Å². The molecule has 1 aliphatic rings. The molecule has 0 atom stereocenters. The fraction of sp³-hybridized carbons (Fsp3) is 0.455. The van der Waals surface area contributed by atoms with Crippen molar-refractivity contribution in [3.63, 3.8) is 0 Å². The summed E-state index contributed by atoms with van der Waals surface area (Å²) in [6.45, 7) is 4.93. The quantitative estimate of drug-likeness (QED) is 0.354. The zero-order valence-electron chi connectivity index (χ0n) is 15.6. The van der Waals surface area contributed by atoms with Gasteiger partial charge in [-0.1, -0.05) is 98.3 Å². The Balaban J connectivity index is 1.51. The molecule has 0 radical (unpaired) electrons. The summed E-state index contributed by atoms with van der Waals surface area (Å²) >= 11 is 12.9. The Morgan fingerprint density at radius 2 is 1.50 bits per heavy atom. The van der Waals surface area contributed by atoms with Gasteiger partial charge in [-0.05, 0) is 29.2 Å². The third-order valence-electron chi connectivity index (χ3n) is 5.08. The fourth-order valence-electron chi connectivity index (χ4n) is 3.49. The Morgan fingerprint density at radius 3 is 2.27 bits per heavy atom. The van der Waals surface area contributed by atoms with Gasteiger partial charge in [0, 0.05) is 13.1 Å². The van der Waals surface area contributed by atoms with Gasteiger partial charge >= 0.3 is 0 Å². The van der Waals surface area contributed by atoms with Crippen LogP contribution in [0.15, 0.2) is 52.8 Å². The van der Waals surface area contributed by atoms with E-state index < -0.39 is 0 Å². The van der Waals surface area contributed by atoms with Crippen LogP contribution in [0, 0.1) is 0 Å². The lowest BCUT2D eigenvalue weighted by molar-refractivity contribution is 0.256. The van der Waals surface area contributed by atoms with Gasteiger partial charge in [0.1, 0.15) is 10.3 Å². The van der Waals surface area contributed by atoms with Crippen LogP contribution in [0.2, 0.25) is 0 Å². The Morgan fingerprint density at radius 1 is 0.808 bits per heavy atom. The highest BCUT2D eigenvalue weighted by atomic mass is 35.5. The number of hydrogen-bond acceptors (Lipinski definition) is 2. The number of benzene rings is 2. The lowest BCUT2D eigenvalue weighted by atomic mass is 10.1. The summed E-state index contributed by atoms with van der Waals surface area (Å²) < 4.78 is 0. The van der Waals surface area contributed by atoms with Crippen LogP contribution in [0.5, 0.6) is 0 Å². The lowest BCUT2D eigenvalue weighted by Crippen LogP contribution is -2.29. The van der Waals surface area contributed by atoms with Gasteiger partial charge in [-0.2, -0.15) is 0 Å². The molecule has 3 rings (SSSR count). The highest BCUT2D eigenvalue weighted by Crippen LogP contribution is 2.30. The molecular weight excluding hydrogens is 363 g/mol. The van der Waals surface area contributed by atoms with Gasteiger partial charge in [-0.25, -0.2) is 0 Å². The summed E-state index contributed by atoms with van der Waals surface area (Å²) in [7, 11) is 0. The van der Waals surface area contributed by atoms with Gasteiger partial charge in [0.2, 0.25) is 0 Å². The van der Waals surface area contributed by atoms with E-state index in [9.17, 15) is 0 Å². The van der Waals surface area contributed by atoms with Crippen molar-refractivity contribution in [2.24, 2.45) is 0 Å². The highest BCUT2D eigenvalue weighted by molar-refractivity contribution is 6.38. The molecule has 0 fully saturated rings. The van der Waals surface area contributed by atoms with Crippen LogP contribution in [-0.2, 0) is 6.42 Å². The molecule has 0 aromatic heterocycles. The van der Waals surface area contributed by atoms with Gasteiger partial charge in [0.15, 0.2) is 0 Å². The lowest BCUT2D eigenvalue weighted by Gasteiger charge is -2.22. The predicted octanol–water partition coefficient (Wildman–Crippen LogP) is 6.53. The molecule has 1 aliphatic heterocycles. The summed E-state index contributed by atoms with van der Waals surface area (Å²) in [6.07, 6.45) is 7.32. The average molecular weight is 391 g/mol. The summed E-state index contributed by atoms with van der Waals surface area (Å²) in [5, 5.41) is 3.98. The summed E-state index contributed by atoms with van der Waals surface area (Å²) in [5.74, 6) is 0. The van der Waals surface area contributed by atoms with Gasteiger partial charge in [0.25, 0.3) is 0 Å². The van der Waals surface area contributed by atoms with Crippen molar-refractivity contribution in [3.05, 3.63) is 58.3 Å². The van der Waals surface area contributed by atoms with E-state index in [1.54, 1.807) is 0 Å². The standard InChI is InChI=1S/C22H28Cl2N2/c1-2-3-4-5-8-14-25-17-26(22(24)21(25)23)15-13-18-11-12-19-9-6-7-10-20(19)16-18/h6-7,9-12,16H,2-5,8,13-15,17H2,1H3. The van der Waals surface area contributed by atoms with E-state index in [0.29, 0.717) is 10.3 Å². The van der Waals surface area contributed by atoms with Crippen LogP contribution >= 0.6 is 23.2 Å². The second kappa shape index (κ2) is 9.53. The minimum absolute atomic E-state index is 0.695. The number of halogens is 2. The van der Waals surface area contributed by atoms with Crippen molar-refractivity contribution in [1.29, 1.82) is 0 Å². The first-order valence-electron chi connectivity index (χ1n) is 9.72. The van der Waals surface area contributed by atoms with Crippen molar-refractivity contribution in [1.82, 2.24) is 9.80 Å². The van der Waals surface area contributed by atoms with Crippen LogP contribution < -0.4 is 0 Å². The molecule has 0 spiro atoms. The zero-order valence-corrected chi connectivity index (χ0v) is 17.1. The van der Waals surface area contributed by atoms with Crippen molar-refractivity contribution in [3.8, 4) is 0 Å². The molecule has 0 amide bonds. The summed E-state index contributed by atoms with van der Waals surface area (Å²) in [4.78, 5) is 4.39. The van der Waals surface area contributed by atoms with E-state index in [2.05, 4.69) is 59.2 Å². The van der Waals surface area contributed by atoms with Crippen LogP contribution in [-0.4, -0.2) is 29.6 Å². The number of rotatable bonds is 9. The monoisotopic (exact) mass is 390 g/mol. The minimum Gasteiger partial charge on any atom is -0.342 e. The van der Waals surface area contributed by atoms with Gasteiger partial charge < -0.3 is 9.80 Å². The first kappa shape index (κ1) is 19.4. The number of unbranched alkanes of at least 4 members (excludes halogenated alkanes) is 4. The van der Waals surface area contributed by atoms with Gasteiger partial charge in [0.05, 0.1) is 6.67 Å². The van der Waals surface area contributed by atoms with Gasteiger partial charge in [-0.3, -0.25) is 0 Å². The van der Waals surface area contributed by atoms with Crippen molar-refractivity contribution >= 4 is 34.0 Å². The average Bonchev–Trinajstić information content (AvgIpc) is 2.94. The molecule has 26 heavy (non-hydrogen) atoms. The van der Waals surface area contributed by atoms with E-state index in [1.807, 2.05) is 0 Å². The van der Waals surface area contributed by atoms with Crippen LogP contribution in [0.25, 0.3) is 10.8 Å². The third kappa shape index (κ3) is 4.86. The Bertz CT molecular complexity index is 757. The highest BCUT2D eigenvalue weighted by Gasteiger charge is 2.25.